The van der Waals surface area contributed by atoms with Gasteiger partial charge in [-0.3, -0.25) is 14.2 Å². The molecule has 1 N–H and O–H groups in total. The number of carbonyl (C=O) groups excluding carboxylic acids is 1. The summed E-state index contributed by atoms with van der Waals surface area (Å²) < 4.78 is 8.30. The molecular formula is C23H24N6O4. The predicted octanol–water partition coefficient (Wildman–Crippen LogP) is 1.80. The summed E-state index contributed by atoms with van der Waals surface area (Å²) in [6.07, 6.45) is 5.49. The quantitative estimate of drug-likeness (QED) is 0.494. The van der Waals surface area contributed by atoms with Gasteiger partial charge in [-0.05, 0) is 25.0 Å². The van der Waals surface area contributed by atoms with Crippen LogP contribution >= 0.6 is 0 Å². The van der Waals surface area contributed by atoms with Crippen molar-refractivity contribution in [1.29, 1.82) is 0 Å². The molecule has 5 rings (SSSR count). The third-order valence-electron chi connectivity index (χ3n) is 6.17. The van der Waals surface area contributed by atoms with Crippen LogP contribution in [-0.4, -0.2) is 58.9 Å². The molecule has 1 amide bonds. The number of piperidine rings is 1. The monoisotopic (exact) mass is 448 g/mol. The van der Waals surface area contributed by atoms with E-state index in [4.69, 9.17) is 4.42 Å². The molecule has 0 radical (unpaired) electrons. The maximum Gasteiger partial charge on any atom is 0.276 e. The molecule has 1 aliphatic rings. The summed E-state index contributed by atoms with van der Waals surface area (Å²) in [5.74, 6) is 0.360. The van der Waals surface area contributed by atoms with Gasteiger partial charge in [0, 0.05) is 19.5 Å². The van der Waals surface area contributed by atoms with Crippen molar-refractivity contribution in [1.82, 2.24) is 29.2 Å². The highest BCUT2D eigenvalue weighted by atomic mass is 16.3. The second-order valence-electron chi connectivity index (χ2n) is 8.30. The predicted molar refractivity (Wildman–Crippen MR) is 119 cm³/mol. The topological polar surface area (TPSA) is 119 Å². The largest absolute Gasteiger partial charge is 0.448 e. The van der Waals surface area contributed by atoms with E-state index < -0.39 is 5.60 Å². The molecule has 0 atom stereocenters. The van der Waals surface area contributed by atoms with Gasteiger partial charge in [-0.15, -0.1) is 0 Å². The number of fused-ring (bicyclic) bond motifs is 1. The number of benzene rings is 1. The molecule has 1 aromatic carbocycles. The van der Waals surface area contributed by atoms with E-state index >= 15 is 0 Å². The molecule has 0 unspecified atom stereocenters. The Morgan fingerprint density at radius 3 is 2.67 bits per heavy atom. The van der Waals surface area contributed by atoms with E-state index in [-0.39, 0.29) is 18.0 Å². The first-order valence-corrected chi connectivity index (χ1v) is 10.9. The van der Waals surface area contributed by atoms with Crippen molar-refractivity contribution in [2.45, 2.75) is 38.3 Å². The molecule has 0 spiro atoms. The van der Waals surface area contributed by atoms with Crippen LogP contribution in [0.3, 0.4) is 0 Å². The number of aliphatic hydroxyl groups is 1. The minimum atomic E-state index is -1.12. The fourth-order valence-corrected chi connectivity index (χ4v) is 4.27. The normalized spacial score (nSPS) is 15.8. The van der Waals surface area contributed by atoms with Gasteiger partial charge in [-0.25, -0.2) is 14.6 Å². The molecule has 1 aliphatic heterocycles. The van der Waals surface area contributed by atoms with Gasteiger partial charge in [0.05, 0.1) is 24.0 Å². The summed E-state index contributed by atoms with van der Waals surface area (Å²) in [6.45, 7) is 2.72. The van der Waals surface area contributed by atoms with E-state index in [2.05, 4.69) is 15.1 Å². The van der Waals surface area contributed by atoms with E-state index in [1.54, 1.807) is 9.58 Å². The molecule has 0 aliphatic carbocycles. The van der Waals surface area contributed by atoms with Crippen molar-refractivity contribution >= 4 is 16.9 Å². The van der Waals surface area contributed by atoms with E-state index in [0.717, 1.165) is 5.69 Å². The molecule has 0 saturated carbocycles. The van der Waals surface area contributed by atoms with Crippen LogP contribution in [0.5, 0.6) is 0 Å². The zero-order valence-electron chi connectivity index (χ0n) is 18.2. The first kappa shape index (κ1) is 21.1. The summed E-state index contributed by atoms with van der Waals surface area (Å²) in [6, 6.07) is 9.47. The van der Waals surface area contributed by atoms with Gasteiger partial charge in [0.25, 0.3) is 11.5 Å². The van der Waals surface area contributed by atoms with Gasteiger partial charge in [-0.1, -0.05) is 25.1 Å². The lowest BCUT2D eigenvalue weighted by atomic mass is 9.91. The number of hydrogen-bond acceptors (Lipinski definition) is 7. The Labute approximate surface area is 189 Å². The zero-order valence-corrected chi connectivity index (χ0v) is 18.2. The second-order valence-corrected chi connectivity index (χ2v) is 8.30. The molecule has 1 saturated heterocycles. The van der Waals surface area contributed by atoms with Crippen molar-refractivity contribution in [2.75, 3.05) is 13.1 Å². The van der Waals surface area contributed by atoms with Crippen molar-refractivity contribution in [2.24, 2.45) is 0 Å². The number of nitrogens with zero attached hydrogens (tertiary/aromatic N) is 6. The fourth-order valence-electron chi connectivity index (χ4n) is 4.27. The molecule has 0 bridgehead atoms. The summed E-state index contributed by atoms with van der Waals surface area (Å²) in [7, 11) is 0. The zero-order chi connectivity index (χ0) is 23.0. The van der Waals surface area contributed by atoms with Crippen LogP contribution in [0, 0.1) is 0 Å². The van der Waals surface area contributed by atoms with Gasteiger partial charge in [-0.2, -0.15) is 5.10 Å². The standard InChI is InChI=1S/C23H24N6O4/c1-2-18-19(25-15-33-18)22(31)27-10-8-23(32,9-11-27)13-28-14-24-20-17(21(28)30)12-26-29(20)16-6-4-3-5-7-16/h3-7,12,14-15,32H,2,8-11,13H2,1H3. The number of oxazole rings is 1. The van der Waals surface area contributed by atoms with Gasteiger partial charge < -0.3 is 14.4 Å². The maximum atomic E-state index is 13.1. The lowest BCUT2D eigenvalue weighted by Gasteiger charge is -2.38. The third-order valence-corrected chi connectivity index (χ3v) is 6.17. The number of carbonyl (C=O) groups is 1. The number of aromatic nitrogens is 5. The molecule has 3 aromatic heterocycles. The SMILES string of the molecule is CCc1ocnc1C(=O)N1CCC(O)(Cn2cnc3c(cnn3-c3ccccc3)c2=O)CC1. The highest BCUT2D eigenvalue weighted by molar-refractivity contribution is 5.93. The van der Waals surface area contributed by atoms with Gasteiger partial charge >= 0.3 is 0 Å². The Bertz CT molecular complexity index is 1350. The Morgan fingerprint density at radius 1 is 1.18 bits per heavy atom. The molecule has 4 heterocycles. The Hall–Kier alpha value is -3.79. The molecule has 170 valence electrons. The summed E-state index contributed by atoms with van der Waals surface area (Å²) in [5, 5.41) is 15.9. The van der Waals surface area contributed by atoms with Crippen molar-refractivity contribution in [3.63, 3.8) is 0 Å². The number of aryl methyl sites for hydroxylation is 1. The van der Waals surface area contributed by atoms with Crippen molar-refractivity contribution in [3.05, 3.63) is 71.1 Å². The van der Waals surface area contributed by atoms with Crippen LogP contribution in [0.1, 0.15) is 36.0 Å². The minimum absolute atomic E-state index is 0.0947. The molecule has 4 aromatic rings. The second kappa shape index (κ2) is 8.28. The number of hydrogen-bond donors (Lipinski definition) is 1. The van der Waals surface area contributed by atoms with Crippen LogP contribution in [0.25, 0.3) is 16.7 Å². The Balaban J connectivity index is 1.32. The molecular weight excluding hydrogens is 424 g/mol. The Morgan fingerprint density at radius 2 is 1.94 bits per heavy atom. The first-order valence-electron chi connectivity index (χ1n) is 10.9. The summed E-state index contributed by atoms with van der Waals surface area (Å²) in [5.41, 5.74) is 0.219. The van der Waals surface area contributed by atoms with E-state index in [1.807, 2.05) is 37.3 Å². The number of rotatable bonds is 5. The fraction of sp³-hybridized carbons (Fsp3) is 0.348. The smallest absolute Gasteiger partial charge is 0.276 e. The minimum Gasteiger partial charge on any atom is -0.448 e. The van der Waals surface area contributed by atoms with E-state index in [0.29, 0.717) is 54.8 Å². The third kappa shape index (κ3) is 3.82. The average Bonchev–Trinajstić information content (AvgIpc) is 3.49. The van der Waals surface area contributed by atoms with Gasteiger partial charge in [0.2, 0.25) is 0 Å². The molecule has 10 nitrogen and oxygen atoms in total. The molecule has 1 fully saturated rings. The summed E-state index contributed by atoms with van der Waals surface area (Å²) >= 11 is 0. The highest BCUT2D eigenvalue weighted by Gasteiger charge is 2.36. The van der Waals surface area contributed by atoms with Crippen LogP contribution in [0.4, 0.5) is 0 Å². The lowest BCUT2D eigenvalue weighted by molar-refractivity contribution is -0.0300. The Kier molecular flexibility index (Phi) is 5.29. The number of amides is 1. The van der Waals surface area contributed by atoms with E-state index in [9.17, 15) is 14.7 Å². The van der Waals surface area contributed by atoms with Crippen molar-refractivity contribution in [3.8, 4) is 5.69 Å². The average molecular weight is 448 g/mol. The number of likely N-dealkylation sites (tertiary alicyclic amines) is 1. The molecule has 33 heavy (non-hydrogen) atoms. The number of para-hydroxylation sites is 1. The maximum absolute atomic E-state index is 13.1. The lowest BCUT2D eigenvalue weighted by Crippen LogP contribution is -2.49. The highest BCUT2D eigenvalue weighted by Crippen LogP contribution is 2.25. The van der Waals surface area contributed by atoms with Gasteiger partial charge in [0.15, 0.2) is 17.7 Å². The van der Waals surface area contributed by atoms with Crippen LogP contribution in [0.2, 0.25) is 0 Å². The summed E-state index contributed by atoms with van der Waals surface area (Å²) in [4.78, 5) is 36.0. The van der Waals surface area contributed by atoms with Crippen LogP contribution < -0.4 is 5.56 Å². The molecule has 10 heteroatoms. The van der Waals surface area contributed by atoms with E-state index in [1.165, 1.54) is 23.5 Å². The van der Waals surface area contributed by atoms with Crippen molar-refractivity contribution < 1.29 is 14.3 Å². The van der Waals surface area contributed by atoms with Crippen LogP contribution in [0.15, 0.2) is 58.5 Å². The van der Waals surface area contributed by atoms with Crippen LogP contribution in [-0.2, 0) is 13.0 Å². The first-order chi connectivity index (χ1) is 16.0. The van der Waals surface area contributed by atoms with Gasteiger partial charge in [0.1, 0.15) is 17.5 Å².